The second-order valence-electron chi connectivity index (χ2n) is 9.90. The number of nitrogens with one attached hydrogen (secondary N) is 1. The van der Waals surface area contributed by atoms with E-state index in [4.69, 9.17) is 5.10 Å². The van der Waals surface area contributed by atoms with Crippen LogP contribution in [0, 0.1) is 0 Å². The van der Waals surface area contributed by atoms with Crippen LogP contribution in [-0.2, 0) is 25.9 Å². The van der Waals surface area contributed by atoms with Crippen LogP contribution in [0.1, 0.15) is 56.0 Å². The lowest BCUT2D eigenvalue weighted by atomic mass is 9.98. The molecule has 2 heterocycles. The van der Waals surface area contributed by atoms with Gasteiger partial charge in [0, 0.05) is 12.0 Å². The van der Waals surface area contributed by atoms with Crippen molar-refractivity contribution in [2.24, 2.45) is 0 Å². The van der Waals surface area contributed by atoms with Gasteiger partial charge in [-0.2, -0.15) is 5.10 Å². The van der Waals surface area contributed by atoms with Gasteiger partial charge >= 0.3 is 5.69 Å². The fourth-order valence-electron chi connectivity index (χ4n) is 4.93. The van der Waals surface area contributed by atoms with Crippen LogP contribution < -0.4 is 5.69 Å². The van der Waals surface area contributed by atoms with Gasteiger partial charge < -0.3 is 0 Å². The second kappa shape index (κ2) is 13.0. The molecule has 39 heavy (non-hydrogen) atoms. The molecular formula is C31H35N7O. The molecule has 0 amide bonds. The van der Waals surface area contributed by atoms with E-state index in [1.807, 2.05) is 41.0 Å². The highest BCUT2D eigenvalue weighted by Gasteiger charge is 2.15. The smallest absolute Gasteiger partial charge is 0.274 e. The third-order valence-corrected chi connectivity index (χ3v) is 7.09. The molecule has 0 radical (unpaired) electrons. The van der Waals surface area contributed by atoms with Gasteiger partial charge in [0.25, 0.3) is 0 Å². The van der Waals surface area contributed by atoms with Gasteiger partial charge in [0.05, 0.1) is 13.1 Å². The molecule has 5 rings (SSSR count). The van der Waals surface area contributed by atoms with Crippen LogP contribution in [0.3, 0.4) is 0 Å². The van der Waals surface area contributed by atoms with Crippen molar-refractivity contribution in [2.75, 3.05) is 0 Å². The Morgan fingerprint density at radius 3 is 2.26 bits per heavy atom. The van der Waals surface area contributed by atoms with Gasteiger partial charge in [-0.15, -0.1) is 5.10 Å². The highest BCUT2D eigenvalue weighted by Crippen LogP contribution is 2.29. The monoisotopic (exact) mass is 521 g/mol. The zero-order valence-corrected chi connectivity index (χ0v) is 22.5. The lowest BCUT2D eigenvalue weighted by Crippen LogP contribution is -2.26. The molecule has 5 aromatic rings. The topological polar surface area (TPSA) is 94.3 Å². The molecule has 0 saturated carbocycles. The third-order valence-electron chi connectivity index (χ3n) is 7.09. The summed E-state index contributed by atoms with van der Waals surface area (Å²) in [6.07, 6.45) is 7.49. The van der Waals surface area contributed by atoms with Crippen molar-refractivity contribution in [3.63, 3.8) is 0 Å². The quantitative estimate of drug-likeness (QED) is 0.201. The summed E-state index contributed by atoms with van der Waals surface area (Å²) in [5, 5.41) is 19.2. The number of rotatable bonds is 13. The molecule has 0 fully saturated rings. The molecule has 0 bridgehead atoms. The molecule has 2 aromatic heterocycles. The van der Waals surface area contributed by atoms with Crippen LogP contribution in [0.2, 0.25) is 0 Å². The summed E-state index contributed by atoms with van der Waals surface area (Å²) >= 11 is 0. The molecular weight excluding hydrogens is 486 g/mol. The summed E-state index contributed by atoms with van der Waals surface area (Å²) in [5.41, 5.74) is 5.28. The van der Waals surface area contributed by atoms with E-state index in [2.05, 4.69) is 70.0 Å². The lowest BCUT2D eigenvalue weighted by molar-refractivity contribution is 0.577. The minimum absolute atomic E-state index is 0.0401. The number of aromatic amines is 1. The first-order chi connectivity index (χ1) is 19.2. The average Bonchev–Trinajstić information content (AvgIpc) is 3.62. The maximum atomic E-state index is 13.5. The Morgan fingerprint density at radius 1 is 0.769 bits per heavy atom. The van der Waals surface area contributed by atoms with Crippen molar-refractivity contribution in [3.8, 4) is 22.5 Å². The molecule has 0 aliphatic rings. The Bertz CT molecular complexity index is 1500. The van der Waals surface area contributed by atoms with E-state index < -0.39 is 0 Å². The Labute approximate surface area is 228 Å². The van der Waals surface area contributed by atoms with Gasteiger partial charge in [-0.25, -0.2) is 14.6 Å². The van der Waals surface area contributed by atoms with E-state index in [-0.39, 0.29) is 5.69 Å². The maximum absolute atomic E-state index is 13.5. The van der Waals surface area contributed by atoms with E-state index >= 15 is 0 Å². The van der Waals surface area contributed by atoms with Crippen molar-refractivity contribution >= 4 is 0 Å². The van der Waals surface area contributed by atoms with Crippen LogP contribution in [0.15, 0.2) is 83.7 Å². The van der Waals surface area contributed by atoms with Crippen molar-refractivity contribution < 1.29 is 0 Å². The number of aryl methyl sites for hydroxylation is 3. The van der Waals surface area contributed by atoms with Gasteiger partial charge in [-0.1, -0.05) is 111 Å². The highest BCUT2D eigenvalue weighted by molar-refractivity contribution is 5.80. The van der Waals surface area contributed by atoms with E-state index in [1.54, 1.807) is 4.68 Å². The molecule has 8 nitrogen and oxygen atoms in total. The van der Waals surface area contributed by atoms with E-state index in [1.165, 1.54) is 24.8 Å². The predicted octanol–water partition coefficient (Wildman–Crippen LogP) is 5.70. The zero-order chi connectivity index (χ0) is 26.9. The van der Waals surface area contributed by atoms with E-state index in [0.717, 1.165) is 53.8 Å². The second-order valence-corrected chi connectivity index (χ2v) is 9.90. The fourth-order valence-corrected chi connectivity index (χ4v) is 4.93. The average molecular weight is 522 g/mol. The molecule has 8 heteroatoms. The van der Waals surface area contributed by atoms with Gasteiger partial charge in [0.15, 0.2) is 5.82 Å². The number of benzene rings is 3. The predicted molar refractivity (Wildman–Crippen MR) is 153 cm³/mol. The summed E-state index contributed by atoms with van der Waals surface area (Å²) in [6.45, 7) is 3.30. The van der Waals surface area contributed by atoms with Crippen molar-refractivity contribution in [1.82, 2.24) is 35.0 Å². The summed E-state index contributed by atoms with van der Waals surface area (Å²) < 4.78 is 3.50. The van der Waals surface area contributed by atoms with Gasteiger partial charge in [0.2, 0.25) is 0 Å². The highest BCUT2D eigenvalue weighted by atomic mass is 16.2. The first kappa shape index (κ1) is 26.3. The minimum atomic E-state index is -0.0401. The lowest BCUT2D eigenvalue weighted by Gasteiger charge is -2.09. The molecule has 0 unspecified atom stereocenters. The number of unbranched alkanes of at least 4 members (excludes halogenated alkanes) is 4. The molecule has 1 N–H and O–H groups in total. The van der Waals surface area contributed by atoms with Crippen molar-refractivity contribution in [1.29, 1.82) is 0 Å². The molecule has 0 aliphatic heterocycles. The molecule has 200 valence electrons. The SMILES string of the molecule is CCCCCCCc1nn(CCc2ccccc2)c(=O)n1Cc1ccc(-c2ccccc2-c2nnn[nH]2)cc1. The summed E-state index contributed by atoms with van der Waals surface area (Å²) in [7, 11) is 0. The Kier molecular flexibility index (Phi) is 8.73. The number of hydrogen-bond donors (Lipinski definition) is 1. The Balaban J connectivity index is 1.36. The summed E-state index contributed by atoms with van der Waals surface area (Å²) in [5.74, 6) is 1.50. The largest absolute Gasteiger partial charge is 0.346 e. The number of aromatic nitrogens is 7. The van der Waals surface area contributed by atoms with E-state index in [0.29, 0.717) is 18.9 Å². The number of hydrogen-bond acceptors (Lipinski definition) is 5. The Morgan fingerprint density at radius 2 is 1.51 bits per heavy atom. The Hall–Kier alpha value is -4.33. The van der Waals surface area contributed by atoms with Crippen LogP contribution >= 0.6 is 0 Å². The summed E-state index contributed by atoms with van der Waals surface area (Å²) in [4.78, 5) is 13.5. The normalized spacial score (nSPS) is 11.2. The van der Waals surface area contributed by atoms with Crippen LogP contribution in [0.4, 0.5) is 0 Å². The molecule has 3 aromatic carbocycles. The van der Waals surface area contributed by atoms with Gasteiger partial charge in [-0.3, -0.25) is 4.57 Å². The van der Waals surface area contributed by atoms with Crippen LogP contribution in [-0.4, -0.2) is 35.0 Å². The molecule has 0 saturated heterocycles. The maximum Gasteiger partial charge on any atom is 0.346 e. The third kappa shape index (κ3) is 6.57. The van der Waals surface area contributed by atoms with Gasteiger partial charge in [-0.05, 0) is 45.5 Å². The number of tetrazole rings is 1. The molecule has 0 atom stereocenters. The number of H-pyrrole nitrogens is 1. The fraction of sp³-hybridized carbons (Fsp3) is 0.323. The molecule has 0 spiro atoms. The zero-order valence-electron chi connectivity index (χ0n) is 22.5. The van der Waals surface area contributed by atoms with Crippen molar-refractivity contribution in [2.45, 2.75) is 65.0 Å². The van der Waals surface area contributed by atoms with Crippen LogP contribution in [0.5, 0.6) is 0 Å². The standard InChI is InChI=1S/C31H35N7O/c1-2-3-4-5-9-16-29-34-38(22-21-24-12-7-6-8-13-24)31(39)37(29)23-25-17-19-26(20-18-25)27-14-10-11-15-28(27)30-32-35-36-33-30/h6-8,10-15,17-20H,2-5,9,16,21-23H2,1H3,(H,32,33,35,36). The van der Waals surface area contributed by atoms with Crippen molar-refractivity contribution in [3.05, 3.63) is 106 Å². The summed E-state index contributed by atoms with van der Waals surface area (Å²) in [6, 6.07) is 26.7. The first-order valence-electron chi connectivity index (χ1n) is 13.9. The molecule has 0 aliphatic carbocycles. The van der Waals surface area contributed by atoms with Gasteiger partial charge in [0.1, 0.15) is 5.82 Å². The minimum Gasteiger partial charge on any atom is -0.274 e. The van der Waals surface area contributed by atoms with Crippen LogP contribution in [0.25, 0.3) is 22.5 Å². The first-order valence-corrected chi connectivity index (χ1v) is 13.9. The van der Waals surface area contributed by atoms with E-state index in [9.17, 15) is 4.79 Å². The number of nitrogens with zero attached hydrogens (tertiary/aromatic N) is 6.